The molecule has 0 aromatic heterocycles. The molecule has 0 spiro atoms. The van der Waals surface area contributed by atoms with Crippen molar-refractivity contribution in [3.8, 4) is 0 Å². The Balaban J connectivity index is 1.90. The summed E-state index contributed by atoms with van der Waals surface area (Å²) < 4.78 is 63.9. The Kier molecular flexibility index (Phi) is 5.69. The van der Waals surface area contributed by atoms with Crippen LogP contribution in [0, 0.1) is 0 Å². The molecule has 4 nitrogen and oxygen atoms in total. The smallest absolute Gasteiger partial charge is 0.381 e. The predicted molar refractivity (Wildman–Crippen MR) is 99.0 cm³/mol. The number of rotatable bonds is 4. The molecule has 1 aliphatic rings. The lowest BCUT2D eigenvalue weighted by Crippen LogP contribution is -2.44. The highest BCUT2D eigenvalue weighted by Gasteiger charge is 2.50. The molecule has 0 radical (unpaired) electrons. The first-order valence-electron chi connectivity index (χ1n) is 8.33. The van der Waals surface area contributed by atoms with E-state index in [0.29, 0.717) is 28.4 Å². The van der Waals surface area contributed by atoms with E-state index in [9.17, 15) is 21.6 Å². The lowest BCUT2D eigenvalue weighted by Gasteiger charge is -2.25. The van der Waals surface area contributed by atoms with Gasteiger partial charge in [-0.25, -0.2) is 8.42 Å². The molecule has 0 bridgehead atoms. The molecule has 2 aromatic carbocycles. The quantitative estimate of drug-likeness (QED) is 0.799. The second-order valence-corrected chi connectivity index (χ2v) is 8.71. The van der Waals surface area contributed by atoms with Gasteiger partial charge in [0, 0.05) is 35.4 Å². The molecule has 0 saturated heterocycles. The van der Waals surface area contributed by atoms with Crippen LogP contribution in [0.25, 0.3) is 0 Å². The fourth-order valence-electron chi connectivity index (χ4n) is 3.09. The van der Waals surface area contributed by atoms with E-state index in [4.69, 9.17) is 11.6 Å². The van der Waals surface area contributed by atoms with E-state index < -0.39 is 28.1 Å². The van der Waals surface area contributed by atoms with Crippen molar-refractivity contribution in [2.24, 2.45) is 0 Å². The van der Waals surface area contributed by atoms with E-state index in [2.05, 4.69) is 5.32 Å². The highest BCUT2D eigenvalue weighted by molar-refractivity contribution is 7.89. The maximum Gasteiger partial charge on any atom is 0.511 e. The van der Waals surface area contributed by atoms with Crippen LogP contribution < -0.4 is 5.32 Å². The average molecular weight is 419 g/mol. The fraction of sp³-hybridized carbons (Fsp3) is 0.333. The van der Waals surface area contributed by atoms with Crippen molar-refractivity contribution in [1.82, 2.24) is 4.31 Å². The predicted octanol–water partition coefficient (Wildman–Crippen LogP) is 4.42. The maximum absolute atomic E-state index is 13.1. The first-order valence-corrected chi connectivity index (χ1v) is 10.1. The second-order valence-electron chi connectivity index (χ2n) is 6.37. The lowest BCUT2D eigenvalue weighted by atomic mass is 10.0. The third kappa shape index (κ3) is 4.39. The van der Waals surface area contributed by atoms with Gasteiger partial charge in [0.05, 0.1) is 0 Å². The van der Waals surface area contributed by atoms with Crippen molar-refractivity contribution in [2.75, 3.05) is 11.9 Å². The molecule has 1 heterocycles. The van der Waals surface area contributed by atoms with Gasteiger partial charge in [-0.2, -0.15) is 17.5 Å². The molecule has 0 amide bonds. The Morgan fingerprint density at radius 2 is 1.81 bits per heavy atom. The van der Waals surface area contributed by atoms with E-state index in [1.54, 1.807) is 12.1 Å². The topological polar surface area (TPSA) is 49.4 Å². The molecule has 146 valence electrons. The van der Waals surface area contributed by atoms with Crippen molar-refractivity contribution in [3.63, 3.8) is 0 Å². The van der Waals surface area contributed by atoms with Gasteiger partial charge in [-0.1, -0.05) is 48.0 Å². The number of hydrogen-bond donors (Lipinski definition) is 1. The number of anilines is 1. The van der Waals surface area contributed by atoms with Crippen LogP contribution in [-0.2, 0) is 23.0 Å². The zero-order valence-electron chi connectivity index (χ0n) is 14.2. The number of sulfonamides is 1. The van der Waals surface area contributed by atoms with Crippen molar-refractivity contribution >= 4 is 27.3 Å². The van der Waals surface area contributed by atoms with Crippen LogP contribution >= 0.6 is 11.6 Å². The largest absolute Gasteiger partial charge is 0.511 e. The number of nitrogens with zero attached hydrogens (tertiary/aromatic N) is 1. The summed E-state index contributed by atoms with van der Waals surface area (Å²) in [7, 11) is -5.46. The molecule has 1 N–H and O–H groups in total. The molecular formula is C18H18ClF3N2O2S. The highest BCUT2D eigenvalue weighted by atomic mass is 35.5. The van der Waals surface area contributed by atoms with Crippen molar-refractivity contribution < 1.29 is 21.6 Å². The first kappa shape index (κ1) is 20.0. The van der Waals surface area contributed by atoms with Crippen LogP contribution in [0.5, 0.6) is 0 Å². The average Bonchev–Trinajstić information content (AvgIpc) is 2.80. The first-order chi connectivity index (χ1) is 12.7. The van der Waals surface area contributed by atoms with Crippen molar-refractivity contribution in [2.45, 2.75) is 30.9 Å². The number of fused-ring (bicyclic) bond motifs is 1. The molecule has 3 rings (SSSR count). The van der Waals surface area contributed by atoms with Crippen LogP contribution in [0.2, 0.25) is 5.02 Å². The lowest BCUT2D eigenvalue weighted by molar-refractivity contribution is -0.0491. The van der Waals surface area contributed by atoms with Crippen molar-refractivity contribution in [3.05, 3.63) is 64.7 Å². The van der Waals surface area contributed by atoms with Gasteiger partial charge in [-0.3, -0.25) is 0 Å². The Morgan fingerprint density at radius 1 is 1.11 bits per heavy atom. The van der Waals surface area contributed by atoms with Crippen LogP contribution in [0.3, 0.4) is 0 Å². The van der Waals surface area contributed by atoms with Crippen LogP contribution in [0.4, 0.5) is 18.9 Å². The van der Waals surface area contributed by atoms with Gasteiger partial charge in [-0.05, 0) is 30.5 Å². The third-order valence-corrected chi connectivity index (χ3v) is 6.39. The number of aryl methyl sites for hydroxylation is 1. The zero-order valence-corrected chi connectivity index (χ0v) is 15.8. The Bertz CT molecular complexity index is 905. The molecule has 2 aromatic rings. The van der Waals surface area contributed by atoms with E-state index in [0.717, 1.165) is 5.56 Å². The van der Waals surface area contributed by atoms with Gasteiger partial charge in [0.15, 0.2) is 0 Å². The molecule has 1 aliphatic heterocycles. The van der Waals surface area contributed by atoms with Gasteiger partial charge < -0.3 is 5.32 Å². The second kappa shape index (κ2) is 7.69. The number of nitrogens with one attached hydrogen (secondary N) is 1. The minimum atomic E-state index is -5.46. The van der Waals surface area contributed by atoms with E-state index in [1.165, 1.54) is 6.07 Å². The van der Waals surface area contributed by atoms with Gasteiger partial charge >= 0.3 is 15.5 Å². The van der Waals surface area contributed by atoms with Gasteiger partial charge in [0.2, 0.25) is 0 Å². The normalized spacial score (nSPS) is 18.4. The minimum Gasteiger partial charge on any atom is -0.381 e. The molecule has 0 aliphatic carbocycles. The Morgan fingerprint density at radius 3 is 2.48 bits per heavy atom. The van der Waals surface area contributed by atoms with E-state index in [-0.39, 0.29) is 11.6 Å². The maximum atomic E-state index is 13.1. The minimum absolute atomic E-state index is 0.228. The van der Waals surface area contributed by atoms with Gasteiger partial charge in [-0.15, -0.1) is 0 Å². The fourth-order valence-corrected chi connectivity index (χ4v) is 4.29. The third-order valence-electron chi connectivity index (χ3n) is 4.49. The summed E-state index contributed by atoms with van der Waals surface area (Å²) in [6, 6.07) is 13.9. The Hall–Kier alpha value is -1.77. The summed E-state index contributed by atoms with van der Waals surface area (Å²) in [5, 5.41) is 3.39. The molecule has 0 saturated carbocycles. The SMILES string of the molecule is O=S(=O)(N1Cc2c(Cl)cccc2NC(CCc2ccccc2)C1)C(F)(F)F. The molecule has 1 atom stereocenters. The summed E-state index contributed by atoms with van der Waals surface area (Å²) in [5.41, 5.74) is -3.43. The number of hydrogen-bond acceptors (Lipinski definition) is 3. The van der Waals surface area contributed by atoms with Crippen LogP contribution in [0.15, 0.2) is 48.5 Å². The van der Waals surface area contributed by atoms with Gasteiger partial charge in [0.25, 0.3) is 0 Å². The molecule has 0 fully saturated rings. The molecular weight excluding hydrogens is 401 g/mol. The number of alkyl halides is 3. The standard InChI is InChI=1S/C18H18ClF3N2O2S/c19-16-7-4-8-17-15(16)12-24(27(25,26)18(20,21)22)11-14(23-17)10-9-13-5-2-1-3-6-13/h1-8,14,23H,9-12H2. The summed E-state index contributed by atoms with van der Waals surface area (Å²) in [4.78, 5) is 0. The zero-order chi connectivity index (χ0) is 19.7. The van der Waals surface area contributed by atoms with Crippen molar-refractivity contribution in [1.29, 1.82) is 0 Å². The van der Waals surface area contributed by atoms with Crippen LogP contribution in [-0.4, -0.2) is 30.8 Å². The number of halogens is 4. The summed E-state index contributed by atoms with van der Waals surface area (Å²) in [5.74, 6) is 0. The highest BCUT2D eigenvalue weighted by Crippen LogP contribution is 2.34. The van der Waals surface area contributed by atoms with E-state index >= 15 is 0 Å². The Labute approximate surface area is 161 Å². The summed E-state index contributed by atoms with van der Waals surface area (Å²) in [6.07, 6.45) is 1.08. The number of benzene rings is 2. The molecule has 1 unspecified atom stereocenters. The van der Waals surface area contributed by atoms with Crippen LogP contribution in [0.1, 0.15) is 17.5 Å². The summed E-state index contributed by atoms with van der Waals surface area (Å²) in [6.45, 7) is -0.717. The monoisotopic (exact) mass is 418 g/mol. The molecule has 9 heteroatoms. The molecule has 27 heavy (non-hydrogen) atoms. The van der Waals surface area contributed by atoms with Gasteiger partial charge in [0.1, 0.15) is 0 Å². The van der Waals surface area contributed by atoms with E-state index in [1.807, 2.05) is 30.3 Å². The summed E-state index contributed by atoms with van der Waals surface area (Å²) >= 11 is 6.12.